The number of nitrogens with one attached hydrogen (secondary N) is 1. The minimum absolute atomic E-state index is 0.154. The molecular formula is C17H19FN2. The van der Waals surface area contributed by atoms with Crippen molar-refractivity contribution in [2.24, 2.45) is 0 Å². The first kappa shape index (κ1) is 13.3. The molecule has 3 heteroatoms. The molecule has 1 aromatic heterocycles. The summed E-state index contributed by atoms with van der Waals surface area (Å²) in [6.07, 6.45) is 2.94. The van der Waals surface area contributed by atoms with Crippen LogP contribution in [0.2, 0.25) is 0 Å². The third-order valence-electron chi connectivity index (χ3n) is 3.87. The maximum atomic E-state index is 13.7. The van der Waals surface area contributed by atoms with Crippen molar-refractivity contribution in [3.8, 4) is 0 Å². The maximum Gasteiger partial charge on any atom is 0.126 e. The van der Waals surface area contributed by atoms with Crippen LogP contribution >= 0.6 is 0 Å². The summed E-state index contributed by atoms with van der Waals surface area (Å²) in [4.78, 5) is 4.73. The Morgan fingerprint density at radius 2 is 2.05 bits per heavy atom. The molecule has 0 bridgehead atoms. The van der Waals surface area contributed by atoms with Crippen molar-refractivity contribution in [3.63, 3.8) is 0 Å². The number of benzene rings is 1. The highest BCUT2D eigenvalue weighted by Crippen LogP contribution is 2.22. The Morgan fingerprint density at radius 3 is 2.85 bits per heavy atom. The Morgan fingerprint density at radius 1 is 1.15 bits per heavy atom. The quantitative estimate of drug-likeness (QED) is 0.926. The molecule has 104 valence electrons. The molecule has 1 aliphatic rings. The van der Waals surface area contributed by atoms with E-state index in [1.165, 1.54) is 18.9 Å². The van der Waals surface area contributed by atoms with Gasteiger partial charge in [0, 0.05) is 30.3 Å². The zero-order valence-electron chi connectivity index (χ0n) is 11.5. The first-order valence-corrected chi connectivity index (χ1v) is 7.23. The largest absolute Gasteiger partial charge is 0.316 e. The lowest BCUT2D eigenvalue weighted by molar-refractivity contribution is 0.454. The van der Waals surface area contributed by atoms with Gasteiger partial charge in [-0.05, 0) is 43.1 Å². The van der Waals surface area contributed by atoms with E-state index in [-0.39, 0.29) is 5.82 Å². The van der Waals surface area contributed by atoms with E-state index in [0.717, 1.165) is 24.5 Å². The standard InChI is InChI=1S/C17H19FN2/c18-16-8-2-1-5-13(16)11-15-7-3-9-17(20-15)14-6-4-10-19-12-14/h1-3,5,7-9,14,19H,4,6,10-12H2. The second-order valence-electron chi connectivity index (χ2n) is 5.37. The number of rotatable bonds is 3. The highest BCUT2D eigenvalue weighted by molar-refractivity contribution is 5.25. The molecule has 20 heavy (non-hydrogen) atoms. The molecule has 3 rings (SSSR count). The number of pyridine rings is 1. The third-order valence-corrected chi connectivity index (χ3v) is 3.87. The summed E-state index contributed by atoms with van der Waals surface area (Å²) in [6.45, 7) is 2.10. The first-order chi connectivity index (χ1) is 9.83. The summed E-state index contributed by atoms with van der Waals surface area (Å²) in [5.74, 6) is 0.336. The van der Waals surface area contributed by atoms with E-state index in [9.17, 15) is 4.39 Å². The van der Waals surface area contributed by atoms with Gasteiger partial charge < -0.3 is 5.32 Å². The Bertz CT molecular complexity index is 577. The molecule has 2 aromatic rings. The van der Waals surface area contributed by atoms with Gasteiger partial charge in [-0.1, -0.05) is 24.3 Å². The van der Waals surface area contributed by atoms with Crippen LogP contribution in [0.1, 0.15) is 35.7 Å². The predicted octanol–water partition coefficient (Wildman–Crippen LogP) is 3.28. The summed E-state index contributed by atoms with van der Waals surface area (Å²) in [7, 11) is 0. The molecule has 1 unspecified atom stereocenters. The highest BCUT2D eigenvalue weighted by atomic mass is 19.1. The van der Waals surface area contributed by atoms with Crippen LogP contribution in [0.5, 0.6) is 0 Å². The van der Waals surface area contributed by atoms with Gasteiger partial charge in [0.1, 0.15) is 5.82 Å². The van der Waals surface area contributed by atoms with Crippen LogP contribution in [0.15, 0.2) is 42.5 Å². The molecule has 1 aliphatic heterocycles. The highest BCUT2D eigenvalue weighted by Gasteiger charge is 2.16. The number of nitrogens with zero attached hydrogens (tertiary/aromatic N) is 1. The van der Waals surface area contributed by atoms with Gasteiger partial charge in [-0.3, -0.25) is 4.98 Å². The number of hydrogen-bond acceptors (Lipinski definition) is 2. The molecule has 1 N–H and O–H groups in total. The molecule has 0 amide bonds. The predicted molar refractivity (Wildman–Crippen MR) is 78.3 cm³/mol. The third kappa shape index (κ3) is 3.05. The van der Waals surface area contributed by atoms with Crippen molar-refractivity contribution in [2.75, 3.05) is 13.1 Å². The van der Waals surface area contributed by atoms with Gasteiger partial charge >= 0.3 is 0 Å². The second kappa shape index (κ2) is 6.14. The van der Waals surface area contributed by atoms with Crippen LogP contribution in [0.4, 0.5) is 4.39 Å². The van der Waals surface area contributed by atoms with E-state index < -0.39 is 0 Å². The lowest BCUT2D eigenvalue weighted by Gasteiger charge is -2.22. The summed E-state index contributed by atoms with van der Waals surface area (Å²) in [6, 6.07) is 13.0. The fourth-order valence-corrected chi connectivity index (χ4v) is 2.77. The van der Waals surface area contributed by atoms with Crippen LogP contribution in [0.3, 0.4) is 0 Å². The molecule has 0 aliphatic carbocycles. The molecule has 0 radical (unpaired) electrons. The summed E-state index contributed by atoms with van der Waals surface area (Å²) in [5.41, 5.74) is 2.78. The Labute approximate surface area is 119 Å². The van der Waals surface area contributed by atoms with Gasteiger partial charge in [0.15, 0.2) is 0 Å². The monoisotopic (exact) mass is 270 g/mol. The van der Waals surface area contributed by atoms with Crippen molar-refractivity contribution in [3.05, 3.63) is 65.2 Å². The normalized spacial score (nSPS) is 18.9. The molecule has 2 nitrogen and oxygen atoms in total. The molecule has 1 atom stereocenters. The van der Waals surface area contributed by atoms with Crippen LogP contribution in [-0.2, 0) is 6.42 Å². The Kier molecular flexibility index (Phi) is 4.07. The van der Waals surface area contributed by atoms with E-state index in [0.29, 0.717) is 17.9 Å². The van der Waals surface area contributed by atoms with Crippen molar-refractivity contribution in [1.29, 1.82) is 0 Å². The van der Waals surface area contributed by atoms with Crippen molar-refractivity contribution in [1.82, 2.24) is 10.3 Å². The van der Waals surface area contributed by atoms with Crippen LogP contribution < -0.4 is 5.32 Å². The Hall–Kier alpha value is -1.74. The smallest absolute Gasteiger partial charge is 0.126 e. The van der Waals surface area contributed by atoms with Gasteiger partial charge in [-0.25, -0.2) is 4.39 Å². The summed E-state index contributed by atoms with van der Waals surface area (Å²) in [5, 5.41) is 3.41. The molecule has 1 aromatic carbocycles. The Balaban J connectivity index is 1.79. The zero-order chi connectivity index (χ0) is 13.8. The first-order valence-electron chi connectivity index (χ1n) is 7.23. The SMILES string of the molecule is Fc1ccccc1Cc1cccc(C2CCCNC2)n1. The van der Waals surface area contributed by atoms with Crippen LogP contribution in [0, 0.1) is 5.82 Å². The number of aromatic nitrogens is 1. The lowest BCUT2D eigenvalue weighted by Crippen LogP contribution is -2.28. The molecule has 1 saturated heterocycles. The average Bonchev–Trinajstić information content (AvgIpc) is 2.51. The van der Waals surface area contributed by atoms with Crippen molar-refractivity contribution >= 4 is 0 Å². The van der Waals surface area contributed by atoms with Gasteiger partial charge in [0.05, 0.1) is 0 Å². The van der Waals surface area contributed by atoms with Crippen LogP contribution in [-0.4, -0.2) is 18.1 Å². The molecule has 1 fully saturated rings. The zero-order valence-corrected chi connectivity index (χ0v) is 11.5. The van der Waals surface area contributed by atoms with Gasteiger partial charge in [-0.15, -0.1) is 0 Å². The van der Waals surface area contributed by atoms with Gasteiger partial charge in [0.25, 0.3) is 0 Å². The lowest BCUT2D eigenvalue weighted by atomic mass is 9.95. The minimum atomic E-state index is -0.154. The fourth-order valence-electron chi connectivity index (χ4n) is 2.77. The second-order valence-corrected chi connectivity index (χ2v) is 5.37. The fraction of sp³-hybridized carbons (Fsp3) is 0.353. The average molecular weight is 270 g/mol. The molecule has 0 spiro atoms. The van der Waals surface area contributed by atoms with Gasteiger partial charge in [0.2, 0.25) is 0 Å². The van der Waals surface area contributed by atoms with Gasteiger partial charge in [-0.2, -0.15) is 0 Å². The summed E-state index contributed by atoms with van der Waals surface area (Å²) < 4.78 is 13.7. The molecular weight excluding hydrogens is 251 g/mol. The molecule has 2 heterocycles. The van der Waals surface area contributed by atoms with E-state index in [4.69, 9.17) is 4.98 Å². The summed E-state index contributed by atoms with van der Waals surface area (Å²) >= 11 is 0. The molecule has 0 saturated carbocycles. The number of halogens is 1. The number of hydrogen-bond donors (Lipinski definition) is 1. The van der Waals surface area contributed by atoms with E-state index in [2.05, 4.69) is 11.4 Å². The van der Waals surface area contributed by atoms with Crippen LogP contribution in [0.25, 0.3) is 0 Å². The van der Waals surface area contributed by atoms with E-state index in [1.54, 1.807) is 6.07 Å². The maximum absolute atomic E-state index is 13.7. The topological polar surface area (TPSA) is 24.9 Å². The number of piperidine rings is 1. The van der Waals surface area contributed by atoms with E-state index in [1.807, 2.05) is 24.3 Å². The van der Waals surface area contributed by atoms with E-state index >= 15 is 0 Å². The van der Waals surface area contributed by atoms with Crippen molar-refractivity contribution in [2.45, 2.75) is 25.2 Å². The minimum Gasteiger partial charge on any atom is -0.316 e. The van der Waals surface area contributed by atoms with Crippen molar-refractivity contribution < 1.29 is 4.39 Å².